The number of halogens is 2. The number of hydrogen-bond acceptors (Lipinski definition) is 6. The third-order valence-corrected chi connectivity index (χ3v) is 20.2. The van der Waals surface area contributed by atoms with Crippen LogP contribution in [0.2, 0.25) is 0 Å². The van der Waals surface area contributed by atoms with Crippen LogP contribution >= 0.6 is 54.5 Å². The first-order valence-corrected chi connectivity index (χ1v) is 30.3. The molecule has 0 spiro atoms. The molecule has 0 amide bonds. The maximum absolute atomic E-state index is 14.6. The minimum Gasteiger partial charge on any atom is -0.310 e. The average Bonchev–Trinajstić information content (AvgIpc) is 3.51. The van der Waals surface area contributed by atoms with Gasteiger partial charge in [0.2, 0.25) is 0 Å². The maximum Gasteiger partial charge on any atom is 0.197 e. The zero-order valence-electron chi connectivity index (χ0n) is 45.3. The second kappa shape index (κ2) is 20.0. The van der Waals surface area contributed by atoms with Crippen molar-refractivity contribution in [2.24, 2.45) is 0 Å². The van der Waals surface area contributed by atoms with Crippen LogP contribution < -0.4 is 20.7 Å². The summed E-state index contributed by atoms with van der Waals surface area (Å²) in [6, 6.07) is 76.5. The first-order chi connectivity index (χ1) is 38.6. The van der Waals surface area contributed by atoms with Crippen molar-refractivity contribution in [2.75, 3.05) is 9.80 Å². The lowest BCUT2D eigenvalue weighted by molar-refractivity contribution is 0.610. The molecule has 0 atom stereocenters. The summed E-state index contributed by atoms with van der Waals surface area (Å²) in [6.07, 6.45) is 1.08. The molecule has 3 aliphatic rings. The number of nitrogens with zero attached hydrogens (tertiary/aromatic N) is 2. The summed E-state index contributed by atoms with van der Waals surface area (Å²) in [5, 5.41) is 3.05. The van der Waals surface area contributed by atoms with Crippen molar-refractivity contribution in [1.29, 1.82) is 0 Å². The first-order valence-electron chi connectivity index (χ1n) is 27.1. The zero-order valence-corrected chi connectivity index (χ0v) is 50.1. The molecule has 10 aromatic carbocycles. The van der Waals surface area contributed by atoms with Gasteiger partial charge in [-0.05, 0) is 152 Å². The second-order valence-electron chi connectivity index (χ2n) is 22.6. The van der Waals surface area contributed by atoms with Crippen LogP contribution in [0.25, 0.3) is 40.3 Å². The second-order valence-corrected chi connectivity index (χ2v) is 26.5. The topological polar surface area (TPSA) is 40.6 Å². The van der Waals surface area contributed by atoms with Gasteiger partial charge >= 0.3 is 0 Å². The van der Waals surface area contributed by atoms with Gasteiger partial charge in [0.15, 0.2) is 10.9 Å². The van der Waals surface area contributed by atoms with E-state index >= 15 is 0 Å². The summed E-state index contributed by atoms with van der Waals surface area (Å²) < 4.78 is 5.84. The van der Waals surface area contributed by atoms with E-state index < -0.39 is 0 Å². The standard InChI is InChI=1S/C43H34N2OS.C16H16.C13H6Br2OS/c1-42(2)29-14-5-9-18-33(29)44(34-19-10-6-15-30(34)42)27-24-25-28-39(26-27)47-38-23-13-22-37(40(38)41(28)46)45-35-20-11-7-16-31(35)43(3,4)32-17-8-12-21-36(32)45;1-16(2)14-9-5-3-7-12(14)11-13-8-4-6-10-15(13)16;14-7-4-5-8-11(6-7)17-10-3-1-2-9(15)12(10)13(8)16/h5-26H,1-4H3;3-10H,11H2,1-2H3;1-6H. The molecule has 4 nitrogen and oxygen atoms in total. The summed E-state index contributed by atoms with van der Waals surface area (Å²) in [5.41, 5.74) is 17.6. The van der Waals surface area contributed by atoms with Gasteiger partial charge in [-0.2, -0.15) is 0 Å². The van der Waals surface area contributed by atoms with Crippen molar-refractivity contribution in [3.8, 4) is 0 Å². The van der Waals surface area contributed by atoms with Crippen molar-refractivity contribution in [2.45, 2.75) is 64.2 Å². The third-order valence-electron chi connectivity index (χ3n) is 16.8. The third kappa shape index (κ3) is 8.48. The monoisotopic (exact) mass is 1200 g/mol. The summed E-state index contributed by atoms with van der Waals surface area (Å²) in [7, 11) is 0. The number of hydrogen-bond donors (Lipinski definition) is 0. The highest BCUT2D eigenvalue weighted by atomic mass is 79.9. The highest BCUT2D eigenvalue weighted by molar-refractivity contribution is 9.11. The molecule has 0 N–H and O–H groups in total. The number of para-hydroxylation sites is 4. The molecule has 80 heavy (non-hydrogen) atoms. The van der Waals surface area contributed by atoms with Crippen molar-refractivity contribution in [3.63, 3.8) is 0 Å². The van der Waals surface area contributed by atoms with Gasteiger partial charge in [0, 0.05) is 60.4 Å². The molecule has 0 fully saturated rings. The Bertz CT molecular complexity index is 4460. The van der Waals surface area contributed by atoms with Crippen LogP contribution in [0.4, 0.5) is 34.1 Å². The Morgan fingerprint density at radius 1 is 0.362 bits per heavy atom. The predicted molar refractivity (Wildman–Crippen MR) is 348 cm³/mol. The normalized spacial score (nSPS) is 14.8. The molecule has 4 heterocycles. The van der Waals surface area contributed by atoms with Crippen molar-refractivity contribution in [3.05, 3.63) is 292 Å². The lowest BCUT2D eigenvalue weighted by Crippen LogP contribution is -2.31. The van der Waals surface area contributed by atoms with E-state index in [9.17, 15) is 9.59 Å². The van der Waals surface area contributed by atoms with E-state index in [1.807, 2.05) is 42.5 Å². The van der Waals surface area contributed by atoms with Gasteiger partial charge in [0.1, 0.15) is 0 Å². The van der Waals surface area contributed by atoms with Gasteiger partial charge in [-0.1, -0.05) is 191 Å². The fourth-order valence-corrected chi connectivity index (χ4v) is 16.3. The fourth-order valence-electron chi connectivity index (χ4n) is 12.8. The largest absolute Gasteiger partial charge is 0.310 e. The van der Waals surface area contributed by atoms with Crippen molar-refractivity contribution in [1.82, 2.24) is 0 Å². The number of benzene rings is 10. The highest BCUT2D eigenvalue weighted by Gasteiger charge is 2.39. The van der Waals surface area contributed by atoms with E-state index in [-0.39, 0.29) is 27.1 Å². The molecule has 0 saturated carbocycles. The van der Waals surface area contributed by atoms with Gasteiger partial charge in [-0.3, -0.25) is 9.59 Å². The Balaban J connectivity index is 0.000000148. The average molecular weight is 1210 g/mol. The van der Waals surface area contributed by atoms with E-state index in [1.54, 1.807) is 22.7 Å². The molecule has 0 radical (unpaired) electrons. The first kappa shape index (κ1) is 51.9. The predicted octanol–water partition coefficient (Wildman–Crippen LogP) is 20.5. The van der Waals surface area contributed by atoms with Crippen LogP contribution in [0.15, 0.2) is 237 Å². The van der Waals surface area contributed by atoms with Crippen molar-refractivity contribution >= 4 is 129 Å². The minimum absolute atomic E-state index is 0.0660. The molecular weight excluding hydrogens is 1150 g/mol. The fraction of sp³-hybridized carbons (Fsp3) is 0.139. The maximum atomic E-state index is 14.6. The summed E-state index contributed by atoms with van der Waals surface area (Å²) in [6.45, 7) is 13.8. The van der Waals surface area contributed by atoms with Crippen LogP contribution in [-0.2, 0) is 22.7 Å². The molecule has 0 saturated heterocycles. The van der Waals surface area contributed by atoms with Gasteiger partial charge in [0.25, 0.3) is 0 Å². The van der Waals surface area contributed by atoms with Crippen LogP contribution in [0, 0.1) is 0 Å². The highest BCUT2D eigenvalue weighted by Crippen LogP contribution is 2.54. The van der Waals surface area contributed by atoms with Crippen LogP contribution in [0.3, 0.4) is 0 Å². The Hall–Kier alpha value is -7.46. The molecule has 392 valence electrons. The Morgan fingerprint density at radius 2 is 0.750 bits per heavy atom. The van der Waals surface area contributed by atoms with E-state index in [0.29, 0.717) is 0 Å². The lowest BCUT2D eigenvalue weighted by atomic mass is 9.69. The van der Waals surface area contributed by atoms with Crippen LogP contribution in [-0.4, -0.2) is 0 Å². The van der Waals surface area contributed by atoms with Gasteiger partial charge in [-0.25, -0.2) is 0 Å². The molecule has 15 rings (SSSR count). The van der Waals surface area contributed by atoms with E-state index in [2.05, 4.69) is 259 Å². The van der Waals surface area contributed by atoms with Crippen molar-refractivity contribution < 1.29 is 0 Å². The van der Waals surface area contributed by atoms with Crippen LogP contribution in [0.5, 0.6) is 0 Å². The number of anilines is 6. The SMILES string of the molecule is CC1(C)c2ccccc2Cc2ccccc21.CC1(C)c2ccccc2N(c2ccc3c(=O)c4c(N5c6ccccc6C(C)(C)c6ccccc65)cccc4sc3c2)c2ccccc21.O=c1c2ccc(Br)cc2sc2cccc(Br)c12. The molecule has 1 aliphatic carbocycles. The number of fused-ring (bicyclic) bond motifs is 10. The molecule has 2 aromatic heterocycles. The summed E-state index contributed by atoms with van der Waals surface area (Å²) in [4.78, 5) is 31.7. The Kier molecular flexibility index (Phi) is 13.0. The minimum atomic E-state index is -0.165. The smallest absolute Gasteiger partial charge is 0.197 e. The van der Waals surface area contributed by atoms with E-state index in [1.165, 1.54) is 55.9 Å². The summed E-state index contributed by atoms with van der Waals surface area (Å²) in [5.74, 6) is 0. The zero-order chi connectivity index (χ0) is 55.2. The van der Waals surface area contributed by atoms with Gasteiger partial charge in [0.05, 0.1) is 39.2 Å². The molecule has 12 aromatic rings. The molecule has 0 unspecified atom stereocenters. The summed E-state index contributed by atoms with van der Waals surface area (Å²) >= 11 is 10.2. The van der Waals surface area contributed by atoms with Gasteiger partial charge < -0.3 is 9.80 Å². The molecule has 8 heteroatoms. The molecular formula is C72H56Br2N2O2S2. The Labute approximate surface area is 491 Å². The van der Waals surface area contributed by atoms with E-state index in [0.717, 1.165) is 78.5 Å². The Morgan fingerprint density at radius 3 is 1.27 bits per heavy atom. The molecule has 0 bridgehead atoms. The lowest BCUT2D eigenvalue weighted by Gasteiger charge is -2.42. The molecule has 2 aliphatic heterocycles. The quantitative estimate of drug-likeness (QED) is 0.162. The van der Waals surface area contributed by atoms with Gasteiger partial charge in [-0.15, -0.1) is 22.7 Å². The van der Waals surface area contributed by atoms with Crippen LogP contribution in [0.1, 0.15) is 86.1 Å². The number of rotatable bonds is 2. The van der Waals surface area contributed by atoms with E-state index in [4.69, 9.17) is 0 Å².